The molecule has 2 aromatic heterocycles. The van der Waals surface area contributed by atoms with Crippen LogP contribution < -0.4 is 17.0 Å². The summed E-state index contributed by atoms with van der Waals surface area (Å²) in [6, 6.07) is -0.116. The molecule has 0 aliphatic heterocycles. The van der Waals surface area contributed by atoms with Crippen LogP contribution in [-0.2, 0) is 13.5 Å². The molecule has 2 aromatic rings. The second kappa shape index (κ2) is 5.09. The van der Waals surface area contributed by atoms with Crippen LogP contribution in [0.1, 0.15) is 23.0 Å². The molecule has 7 nitrogen and oxygen atoms in total. The summed E-state index contributed by atoms with van der Waals surface area (Å²) in [6.07, 6.45) is 2.34. The number of aryl methyl sites for hydroxylation is 2. The van der Waals surface area contributed by atoms with Gasteiger partial charge in [-0.3, -0.25) is 21.0 Å². The van der Waals surface area contributed by atoms with Crippen LogP contribution in [0, 0.1) is 6.92 Å². The van der Waals surface area contributed by atoms with E-state index in [0.29, 0.717) is 12.2 Å². The Kier molecular flexibility index (Phi) is 3.69. The Morgan fingerprint density at radius 1 is 1.61 bits per heavy atom. The normalized spacial score (nSPS) is 12.9. The highest BCUT2D eigenvalue weighted by Gasteiger charge is 2.20. The van der Waals surface area contributed by atoms with Crippen molar-refractivity contribution in [1.82, 2.24) is 25.4 Å². The molecule has 98 valence electrons. The summed E-state index contributed by atoms with van der Waals surface area (Å²) in [5.41, 5.74) is 11.4. The number of aromatic nitrogens is 4. The molecule has 0 fully saturated rings. The van der Waals surface area contributed by atoms with Gasteiger partial charge in [0.1, 0.15) is 5.82 Å². The molecule has 0 aromatic carbocycles. The molecule has 0 aliphatic rings. The Balaban J connectivity index is 2.29. The fraction of sp³-hybridized carbons (Fsp3) is 0.400. The molecule has 0 saturated heterocycles. The average molecular weight is 314 g/mol. The van der Waals surface area contributed by atoms with Crippen LogP contribution >= 0.6 is 15.9 Å². The molecule has 18 heavy (non-hydrogen) atoms. The van der Waals surface area contributed by atoms with E-state index < -0.39 is 0 Å². The van der Waals surface area contributed by atoms with Crippen LogP contribution in [0.5, 0.6) is 0 Å². The highest BCUT2D eigenvalue weighted by Crippen LogP contribution is 2.27. The van der Waals surface area contributed by atoms with Crippen LogP contribution in [0.4, 0.5) is 5.82 Å². The van der Waals surface area contributed by atoms with Crippen molar-refractivity contribution in [2.75, 3.05) is 5.73 Å². The Bertz CT molecular complexity index is 544. The van der Waals surface area contributed by atoms with E-state index in [2.05, 4.69) is 36.7 Å². The molecule has 0 radical (unpaired) electrons. The van der Waals surface area contributed by atoms with E-state index in [0.717, 1.165) is 21.4 Å². The van der Waals surface area contributed by atoms with Crippen molar-refractivity contribution >= 4 is 21.7 Å². The molecule has 1 unspecified atom stereocenters. The maximum atomic E-state index is 5.80. The zero-order valence-corrected chi connectivity index (χ0v) is 11.8. The quantitative estimate of drug-likeness (QED) is 0.486. The topological polar surface area (TPSA) is 111 Å². The number of aromatic amines is 1. The minimum absolute atomic E-state index is 0.116. The van der Waals surface area contributed by atoms with Crippen LogP contribution in [0.15, 0.2) is 10.7 Å². The third-order valence-corrected chi connectivity index (χ3v) is 3.97. The van der Waals surface area contributed by atoms with Crippen molar-refractivity contribution in [2.45, 2.75) is 19.4 Å². The minimum Gasteiger partial charge on any atom is -0.384 e. The molecule has 0 spiro atoms. The predicted octanol–water partition coefficient (Wildman–Crippen LogP) is 0.543. The van der Waals surface area contributed by atoms with Gasteiger partial charge < -0.3 is 5.73 Å². The largest absolute Gasteiger partial charge is 0.384 e. The van der Waals surface area contributed by atoms with Gasteiger partial charge in [0, 0.05) is 19.0 Å². The highest BCUT2D eigenvalue weighted by atomic mass is 79.9. The van der Waals surface area contributed by atoms with Crippen molar-refractivity contribution in [3.63, 3.8) is 0 Å². The first-order valence-corrected chi connectivity index (χ1v) is 6.26. The SMILES string of the molecule is Cc1nn(C)c(CC(NN)c2cn[nH]c2N)c1Br. The average Bonchev–Trinajstić information content (AvgIpc) is 2.84. The second-order valence-corrected chi connectivity index (χ2v) is 4.93. The van der Waals surface area contributed by atoms with Gasteiger partial charge in [0.15, 0.2) is 0 Å². The molecule has 6 N–H and O–H groups in total. The van der Waals surface area contributed by atoms with Gasteiger partial charge in [0.2, 0.25) is 0 Å². The number of rotatable bonds is 4. The molecule has 0 aliphatic carbocycles. The van der Waals surface area contributed by atoms with Gasteiger partial charge in [-0.1, -0.05) is 0 Å². The van der Waals surface area contributed by atoms with Crippen LogP contribution in [0.25, 0.3) is 0 Å². The van der Waals surface area contributed by atoms with E-state index in [4.69, 9.17) is 11.6 Å². The zero-order chi connectivity index (χ0) is 13.3. The fourth-order valence-electron chi connectivity index (χ4n) is 1.94. The lowest BCUT2D eigenvalue weighted by atomic mass is 10.1. The molecule has 0 bridgehead atoms. The van der Waals surface area contributed by atoms with Crippen molar-refractivity contribution in [3.05, 3.63) is 27.6 Å². The highest BCUT2D eigenvalue weighted by molar-refractivity contribution is 9.10. The van der Waals surface area contributed by atoms with Crippen molar-refractivity contribution in [3.8, 4) is 0 Å². The van der Waals surface area contributed by atoms with Gasteiger partial charge in [-0.15, -0.1) is 0 Å². The summed E-state index contributed by atoms with van der Waals surface area (Å²) in [4.78, 5) is 0. The summed E-state index contributed by atoms with van der Waals surface area (Å²) in [7, 11) is 1.90. The minimum atomic E-state index is -0.116. The maximum Gasteiger partial charge on any atom is 0.123 e. The Morgan fingerprint density at radius 3 is 2.78 bits per heavy atom. The van der Waals surface area contributed by atoms with E-state index in [1.165, 1.54) is 0 Å². The molecule has 2 rings (SSSR count). The zero-order valence-electron chi connectivity index (χ0n) is 10.2. The summed E-state index contributed by atoms with van der Waals surface area (Å²) in [6.45, 7) is 1.95. The van der Waals surface area contributed by atoms with E-state index in [9.17, 15) is 0 Å². The van der Waals surface area contributed by atoms with Gasteiger partial charge in [0.25, 0.3) is 0 Å². The first-order valence-electron chi connectivity index (χ1n) is 5.47. The van der Waals surface area contributed by atoms with Crippen molar-refractivity contribution in [2.24, 2.45) is 12.9 Å². The standard InChI is InChI=1S/C10H16BrN7/c1-5-9(11)8(18(2)17-5)3-7(15-13)6-4-14-16-10(6)12/h4,7,15H,3,13H2,1-2H3,(H3,12,14,16). The maximum absolute atomic E-state index is 5.80. The number of nitrogen functional groups attached to an aromatic ring is 1. The summed E-state index contributed by atoms with van der Waals surface area (Å²) < 4.78 is 2.83. The van der Waals surface area contributed by atoms with Gasteiger partial charge in [-0.25, -0.2) is 0 Å². The molecule has 0 saturated carbocycles. The third kappa shape index (κ3) is 2.26. The molecule has 2 heterocycles. The Hall–Kier alpha value is -1.38. The number of H-pyrrole nitrogens is 1. The molecular weight excluding hydrogens is 298 g/mol. The number of hydrogen-bond acceptors (Lipinski definition) is 5. The molecule has 0 amide bonds. The molecular formula is C10H16BrN7. The lowest BCUT2D eigenvalue weighted by Gasteiger charge is -2.15. The van der Waals surface area contributed by atoms with Gasteiger partial charge in [-0.05, 0) is 22.9 Å². The third-order valence-electron chi connectivity index (χ3n) is 2.94. The van der Waals surface area contributed by atoms with E-state index >= 15 is 0 Å². The van der Waals surface area contributed by atoms with E-state index in [1.54, 1.807) is 6.20 Å². The number of nitrogens with two attached hydrogens (primary N) is 2. The van der Waals surface area contributed by atoms with Crippen LogP contribution in [-0.4, -0.2) is 20.0 Å². The number of hydrazine groups is 1. The summed E-state index contributed by atoms with van der Waals surface area (Å²) in [5, 5.41) is 11.0. The first-order chi connectivity index (χ1) is 8.54. The van der Waals surface area contributed by atoms with Crippen molar-refractivity contribution < 1.29 is 0 Å². The number of nitrogens with one attached hydrogen (secondary N) is 2. The van der Waals surface area contributed by atoms with E-state index in [-0.39, 0.29) is 6.04 Å². The molecule has 1 atom stereocenters. The van der Waals surface area contributed by atoms with Gasteiger partial charge in [0.05, 0.1) is 28.1 Å². The van der Waals surface area contributed by atoms with Gasteiger partial charge in [-0.2, -0.15) is 10.2 Å². The number of hydrogen-bond donors (Lipinski definition) is 4. The Morgan fingerprint density at radius 2 is 2.33 bits per heavy atom. The Labute approximate surface area is 113 Å². The number of halogens is 1. The van der Waals surface area contributed by atoms with Crippen LogP contribution in [0.3, 0.4) is 0 Å². The predicted molar refractivity (Wildman–Crippen MR) is 72.4 cm³/mol. The lowest BCUT2D eigenvalue weighted by molar-refractivity contribution is 0.530. The number of anilines is 1. The fourth-order valence-corrected chi connectivity index (χ4v) is 2.43. The van der Waals surface area contributed by atoms with Gasteiger partial charge >= 0.3 is 0 Å². The first kappa shape index (κ1) is 13.1. The smallest absolute Gasteiger partial charge is 0.123 e. The van der Waals surface area contributed by atoms with Crippen LogP contribution in [0.2, 0.25) is 0 Å². The second-order valence-electron chi connectivity index (χ2n) is 4.13. The van der Waals surface area contributed by atoms with Crippen molar-refractivity contribution in [1.29, 1.82) is 0 Å². The summed E-state index contributed by atoms with van der Waals surface area (Å²) >= 11 is 3.53. The summed E-state index contributed by atoms with van der Waals surface area (Å²) in [5.74, 6) is 6.12. The lowest BCUT2D eigenvalue weighted by Crippen LogP contribution is -2.30. The van der Waals surface area contributed by atoms with E-state index in [1.807, 2.05) is 18.7 Å². The monoisotopic (exact) mass is 313 g/mol. The molecule has 8 heteroatoms. The number of nitrogens with zero attached hydrogens (tertiary/aromatic N) is 3.